The van der Waals surface area contributed by atoms with Crippen molar-refractivity contribution in [2.45, 2.75) is 44.8 Å². The maximum absolute atomic E-state index is 4.26. The van der Waals surface area contributed by atoms with E-state index in [0.717, 1.165) is 18.3 Å². The second-order valence-electron chi connectivity index (χ2n) is 4.29. The lowest BCUT2D eigenvalue weighted by Gasteiger charge is -2.17. The van der Waals surface area contributed by atoms with E-state index in [-0.39, 0.29) is 0 Å². The minimum atomic E-state index is 0.572. The zero-order valence-electron chi connectivity index (χ0n) is 9.20. The van der Waals surface area contributed by atoms with Crippen LogP contribution in [0.1, 0.15) is 31.9 Å². The number of aromatic nitrogens is 1. The molecule has 2 heterocycles. The number of hydrogen-bond acceptors (Lipinski definition) is 4. The minimum Gasteiger partial charge on any atom is -0.314 e. The lowest BCUT2D eigenvalue weighted by molar-refractivity contribution is 0.438. The first-order valence-corrected chi connectivity index (χ1v) is 6.62. The molecule has 2 atom stereocenters. The van der Waals surface area contributed by atoms with Crippen LogP contribution >= 0.6 is 11.3 Å². The van der Waals surface area contributed by atoms with Gasteiger partial charge in [-0.15, -0.1) is 11.3 Å². The van der Waals surface area contributed by atoms with Crippen LogP contribution in [0, 0.1) is 0 Å². The molecule has 0 saturated carbocycles. The zero-order chi connectivity index (χ0) is 10.5. The quantitative estimate of drug-likeness (QED) is 0.802. The van der Waals surface area contributed by atoms with Crippen molar-refractivity contribution >= 4 is 11.3 Å². The zero-order valence-corrected chi connectivity index (χ0v) is 10.0. The molecule has 3 nitrogen and oxygen atoms in total. The summed E-state index contributed by atoms with van der Waals surface area (Å²) in [6.45, 7) is 4.35. The molecule has 1 saturated heterocycles. The van der Waals surface area contributed by atoms with Crippen LogP contribution in [0.4, 0.5) is 0 Å². The van der Waals surface area contributed by atoms with E-state index >= 15 is 0 Å². The molecule has 0 spiro atoms. The van der Waals surface area contributed by atoms with Crippen LogP contribution in [0.5, 0.6) is 0 Å². The van der Waals surface area contributed by atoms with Crippen LogP contribution in [0.15, 0.2) is 10.9 Å². The number of thiazole rings is 1. The van der Waals surface area contributed by atoms with E-state index in [1.54, 1.807) is 11.3 Å². The number of nitrogens with zero attached hydrogens (tertiary/aromatic N) is 1. The average Bonchev–Trinajstić information content (AvgIpc) is 2.86. The van der Waals surface area contributed by atoms with Gasteiger partial charge in [-0.3, -0.25) is 0 Å². The molecule has 2 N–H and O–H groups in total. The fourth-order valence-corrected chi connectivity index (χ4v) is 2.63. The summed E-state index contributed by atoms with van der Waals surface area (Å²) in [4.78, 5) is 4.26. The molecule has 0 radical (unpaired) electrons. The van der Waals surface area contributed by atoms with E-state index in [1.165, 1.54) is 25.8 Å². The Morgan fingerprint density at radius 1 is 1.73 bits per heavy atom. The molecule has 1 aliphatic rings. The summed E-state index contributed by atoms with van der Waals surface area (Å²) in [5.41, 5.74) is 3.05. The van der Waals surface area contributed by atoms with E-state index in [2.05, 4.69) is 27.9 Å². The highest BCUT2D eigenvalue weighted by atomic mass is 32.1. The summed E-state index contributed by atoms with van der Waals surface area (Å²) >= 11 is 1.66. The molecule has 0 aromatic carbocycles. The molecule has 2 unspecified atom stereocenters. The summed E-state index contributed by atoms with van der Waals surface area (Å²) in [7, 11) is 0. The predicted octanol–water partition coefficient (Wildman–Crippen LogP) is 1.76. The lowest BCUT2D eigenvalue weighted by atomic mass is 10.1. The van der Waals surface area contributed by atoms with Gasteiger partial charge in [-0.05, 0) is 32.7 Å². The van der Waals surface area contributed by atoms with Crippen LogP contribution in [-0.4, -0.2) is 23.6 Å². The number of nitrogens with one attached hydrogen (secondary N) is 2. The van der Waals surface area contributed by atoms with Gasteiger partial charge >= 0.3 is 0 Å². The Hall–Kier alpha value is -0.450. The van der Waals surface area contributed by atoms with Crippen molar-refractivity contribution in [2.75, 3.05) is 6.54 Å². The molecule has 4 heteroatoms. The maximum Gasteiger partial charge on any atom is 0.0795 e. The smallest absolute Gasteiger partial charge is 0.0795 e. The van der Waals surface area contributed by atoms with E-state index < -0.39 is 0 Å². The first-order chi connectivity index (χ1) is 7.34. The second kappa shape index (κ2) is 5.58. The van der Waals surface area contributed by atoms with Crippen molar-refractivity contribution in [3.8, 4) is 0 Å². The topological polar surface area (TPSA) is 37.0 Å². The average molecular weight is 225 g/mol. The SMILES string of the molecule is CC(CC1CCCN1)NCc1cscn1. The highest BCUT2D eigenvalue weighted by Gasteiger charge is 2.16. The molecule has 1 aromatic heterocycles. The number of hydrogen-bond donors (Lipinski definition) is 2. The Bertz CT molecular complexity index is 267. The first kappa shape index (κ1) is 11.0. The van der Waals surface area contributed by atoms with Gasteiger partial charge < -0.3 is 10.6 Å². The van der Waals surface area contributed by atoms with Crippen molar-refractivity contribution in [2.24, 2.45) is 0 Å². The first-order valence-electron chi connectivity index (χ1n) is 5.68. The van der Waals surface area contributed by atoms with Crippen molar-refractivity contribution in [3.05, 3.63) is 16.6 Å². The maximum atomic E-state index is 4.26. The summed E-state index contributed by atoms with van der Waals surface area (Å²) < 4.78 is 0. The van der Waals surface area contributed by atoms with E-state index in [4.69, 9.17) is 0 Å². The van der Waals surface area contributed by atoms with Gasteiger partial charge in [-0.1, -0.05) is 0 Å². The normalized spacial score (nSPS) is 23.1. The van der Waals surface area contributed by atoms with Gasteiger partial charge in [0.1, 0.15) is 0 Å². The summed E-state index contributed by atoms with van der Waals surface area (Å²) in [5.74, 6) is 0. The molecule has 84 valence electrons. The molecule has 0 amide bonds. The van der Waals surface area contributed by atoms with E-state index in [1.807, 2.05) is 5.51 Å². The van der Waals surface area contributed by atoms with E-state index in [9.17, 15) is 0 Å². The summed E-state index contributed by atoms with van der Waals surface area (Å²) in [5, 5.41) is 9.15. The molecule has 1 aliphatic heterocycles. The minimum absolute atomic E-state index is 0.572. The van der Waals surface area contributed by atoms with E-state index in [0.29, 0.717) is 6.04 Å². The van der Waals surface area contributed by atoms with Crippen LogP contribution < -0.4 is 10.6 Å². The molecule has 0 aliphatic carbocycles. The Morgan fingerprint density at radius 3 is 3.33 bits per heavy atom. The van der Waals surface area contributed by atoms with Crippen LogP contribution in [0.3, 0.4) is 0 Å². The number of rotatable bonds is 5. The molecular weight excluding hydrogens is 206 g/mol. The van der Waals surface area contributed by atoms with Crippen molar-refractivity contribution in [1.82, 2.24) is 15.6 Å². The fraction of sp³-hybridized carbons (Fsp3) is 0.727. The van der Waals surface area contributed by atoms with Gasteiger partial charge in [0.05, 0.1) is 11.2 Å². The van der Waals surface area contributed by atoms with Gasteiger partial charge in [0.2, 0.25) is 0 Å². The predicted molar refractivity (Wildman–Crippen MR) is 64.1 cm³/mol. The van der Waals surface area contributed by atoms with Crippen molar-refractivity contribution < 1.29 is 0 Å². The molecule has 0 bridgehead atoms. The van der Waals surface area contributed by atoms with Crippen molar-refractivity contribution in [1.29, 1.82) is 0 Å². The largest absolute Gasteiger partial charge is 0.314 e. The Kier molecular flexibility index (Phi) is 4.11. The third kappa shape index (κ3) is 3.55. The van der Waals surface area contributed by atoms with Gasteiger partial charge in [0, 0.05) is 24.0 Å². The van der Waals surface area contributed by atoms with Crippen LogP contribution in [-0.2, 0) is 6.54 Å². The highest BCUT2D eigenvalue weighted by molar-refractivity contribution is 7.07. The Balaban J connectivity index is 1.66. The molecule has 1 fully saturated rings. The molecular formula is C11H19N3S. The Morgan fingerprint density at radius 2 is 2.67 bits per heavy atom. The summed E-state index contributed by atoms with van der Waals surface area (Å²) in [6, 6.07) is 1.30. The second-order valence-corrected chi connectivity index (χ2v) is 5.01. The highest BCUT2D eigenvalue weighted by Crippen LogP contribution is 2.11. The monoisotopic (exact) mass is 225 g/mol. The van der Waals surface area contributed by atoms with Crippen LogP contribution in [0.2, 0.25) is 0 Å². The Labute approximate surface area is 95.3 Å². The third-order valence-corrected chi connectivity index (χ3v) is 3.55. The third-order valence-electron chi connectivity index (χ3n) is 2.92. The lowest BCUT2D eigenvalue weighted by Crippen LogP contribution is -2.33. The van der Waals surface area contributed by atoms with Gasteiger partial charge in [-0.25, -0.2) is 4.98 Å². The van der Waals surface area contributed by atoms with Gasteiger partial charge in [-0.2, -0.15) is 0 Å². The van der Waals surface area contributed by atoms with Crippen molar-refractivity contribution in [3.63, 3.8) is 0 Å². The molecule has 1 aromatic rings. The van der Waals surface area contributed by atoms with Gasteiger partial charge in [0.15, 0.2) is 0 Å². The molecule has 2 rings (SSSR count). The molecule has 15 heavy (non-hydrogen) atoms. The standard InChI is InChI=1S/C11H19N3S/c1-9(5-10-3-2-4-12-10)13-6-11-7-15-8-14-11/h7-10,12-13H,2-6H2,1H3. The fourth-order valence-electron chi connectivity index (χ4n) is 2.07. The van der Waals surface area contributed by atoms with Gasteiger partial charge in [0.25, 0.3) is 0 Å². The van der Waals surface area contributed by atoms with Crippen LogP contribution in [0.25, 0.3) is 0 Å². The summed E-state index contributed by atoms with van der Waals surface area (Å²) in [6.07, 6.45) is 3.90.